The molecule has 0 aliphatic heterocycles. The number of halogens is 2. The molecule has 7 nitrogen and oxygen atoms in total. The normalized spacial score (nSPS) is 10.3. The number of carbonyl (C=O) groups is 2. The fourth-order valence-corrected chi connectivity index (χ4v) is 1.73. The molecule has 9 heteroatoms. The van der Waals surface area contributed by atoms with Gasteiger partial charge in [0.25, 0.3) is 5.91 Å². The summed E-state index contributed by atoms with van der Waals surface area (Å²) in [4.78, 5) is 22.5. The molecule has 2 N–H and O–H groups in total. The van der Waals surface area contributed by atoms with Crippen LogP contribution in [0, 0.1) is 11.6 Å². The number of ether oxygens (including phenoxy) is 1. The summed E-state index contributed by atoms with van der Waals surface area (Å²) in [6.07, 6.45) is 0. The van der Waals surface area contributed by atoms with E-state index < -0.39 is 17.5 Å². The molecule has 0 atom stereocenters. The van der Waals surface area contributed by atoms with Crippen molar-refractivity contribution in [2.24, 2.45) is 0 Å². The molecule has 1 aromatic carbocycles. The van der Waals surface area contributed by atoms with Gasteiger partial charge < -0.3 is 19.9 Å². The van der Waals surface area contributed by atoms with Gasteiger partial charge in [-0.15, -0.1) is 0 Å². The number of rotatable bonds is 7. The van der Waals surface area contributed by atoms with Gasteiger partial charge in [0, 0.05) is 32.1 Å². The van der Waals surface area contributed by atoms with Gasteiger partial charge in [-0.3, -0.25) is 9.59 Å². The summed E-state index contributed by atoms with van der Waals surface area (Å²) in [5.41, 5.74) is 0.0241. The molecule has 2 aromatic rings. The van der Waals surface area contributed by atoms with Gasteiger partial charge in [0.1, 0.15) is 12.4 Å². The van der Waals surface area contributed by atoms with E-state index in [9.17, 15) is 18.4 Å². The Morgan fingerprint density at radius 3 is 2.67 bits per heavy atom. The molecule has 0 spiro atoms. The molecule has 2 amide bonds. The maximum atomic E-state index is 13.4. The Balaban J connectivity index is 1.84. The standard InChI is InChI=1S/C15H15F2N3O4/c1-9(21)18-4-5-19-15(22)13-7-11(24-20-13)8-23-14-3-2-10(16)6-12(14)17/h2-3,6-7H,4-5,8H2,1H3,(H,18,21)(H,19,22). The van der Waals surface area contributed by atoms with Crippen molar-refractivity contribution in [3.8, 4) is 5.75 Å². The van der Waals surface area contributed by atoms with Gasteiger partial charge >= 0.3 is 0 Å². The van der Waals surface area contributed by atoms with E-state index in [-0.39, 0.29) is 36.3 Å². The van der Waals surface area contributed by atoms with Gasteiger partial charge in [-0.25, -0.2) is 8.78 Å². The lowest BCUT2D eigenvalue weighted by molar-refractivity contribution is -0.118. The highest BCUT2D eigenvalue weighted by molar-refractivity contribution is 5.92. The minimum atomic E-state index is -0.842. The molecule has 0 unspecified atom stereocenters. The number of carbonyl (C=O) groups excluding carboxylic acids is 2. The van der Waals surface area contributed by atoms with Crippen LogP contribution >= 0.6 is 0 Å². The molecule has 0 saturated heterocycles. The number of amides is 2. The zero-order valence-electron chi connectivity index (χ0n) is 12.8. The molecular weight excluding hydrogens is 324 g/mol. The Bertz CT molecular complexity index is 733. The van der Waals surface area contributed by atoms with E-state index in [1.54, 1.807) is 0 Å². The van der Waals surface area contributed by atoms with Crippen molar-refractivity contribution in [3.63, 3.8) is 0 Å². The summed E-state index contributed by atoms with van der Waals surface area (Å²) in [6.45, 7) is 1.72. The van der Waals surface area contributed by atoms with Crippen molar-refractivity contribution < 1.29 is 27.6 Å². The van der Waals surface area contributed by atoms with Crippen molar-refractivity contribution >= 4 is 11.8 Å². The maximum Gasteiger partial charge on any atom is 0.273 e. The van der Waals surface area contributed by atoms with Gasteiger partial charge in [0.15, 0.2) is 23.0 Å². The van der Waals surface area contributed by atoms with Crippen molar-refractivity contribution in [2.45, 2.75) is 13.5 Å². The zero-order chi connectivity index (χ0) is 17.5. The molecule has 0 aliphatic carbocycles. The molecule has 0 radical (unpaired) electrons. The van der Waals surface area contributed by atoms with Gasteiger partial charge in [-0.05, 0) is 12.1 Å². The van der Waals surface area contributed by atoms with Crippen molar-refractivity contribution in [2.75, 3.05) is 13.1 Å². The number of hydrogen-bond donors (Lipinski definition) is 2. The molecule has 0 aliphatic rings. The van der Waals surface area contributed by atoms with Crippen LogP contribution in [0.2, 0.25) is 0 Å². The van der Waals surface area contributed by atoms with Crippen molar-refractivity contribution in [1.29, 1.82) is 0 Å². The van der Waals surface area contributed by atoms with E-state index in [0.29, 0.717) is 12.6 Å². The summed E-state index contributed by atoms with van der Waals surface area (Å²) in [7, 11) is 0. The molecule has 2 rings (SSSR count). The largest absolute Gasteiger partial charge is 0.482 e. The minimum absolute atomic E-state index is 0.0241. The van der Waals surface area contributed by atoms with E-state index in [4.69, 9.17) is 9.26 Å². The number of benzene rings is 1. The van der Waals surface area contributed by atoms with E-state index in [1.165, 1.54) is 13.0 Å². The Hall–Kier alpha value is -2.97. The maximum absolute atomic E-state index is 13.4. The number of nitrogens with one attached hydrogen (secondary N) is 2. The Labute approximate surface area is 136 Å². The molecule has 0 saturated carbocycles. The summed E-state index contributed by atoms with van der Waals surface area (Å²) >= 11 is 0. The van der Waals surface area contributed by atoms with Crippen LogP contribution in [0.25, 0.3) is 0 Å². The molecule has 1 heterocycles. The smallest absolute Gasteiger partial charge is 0.273 e. The van der Waals surface area contributed by atoms with Crippen LogP contribution < -0.4 is 15.4 Å². The van der Waals surface area contributed by atoms with Crippen molar-refractivity contribution in [1.82, 2.24) is 15.8 Å². The molecule has 1 aromatic heterocycles. The molecule has 0 fully saturated rings. The fourth-order valence-electron chi connectivity index (χ4n) is 1.73. The molecule has 24 heavy (non-hydrogen) atoms. The predicted molar refractivity (Wildman–Crippen MR) is 78.2 cm³/mol. The summed E-state index contributed by atoms with van der Waals surface area (Å²) in [6, 6.07) is 4.25. The lowest BCUT2D eigenvalue weighted by Gasteiger charge is -2.04. The Morgan fingerprint density at radius 2 is 1.96 bits per heavy atom. The highest BCUT2D eigenvalue weighted by Gasteiger charge is 2.13. The van der Waals surface area contributed by atoms with Crippen LogP contribution in [-0.2, 0) is 11.4 Å². The number of hydrogen-bond acceptors (Lipinski definition) is 5. The first-order valence-corrected chi connectivity index (χ1v) is 7.02. The van der Waals surface area contributed by atoms with Crippen LogP contribution in [0.1, 0.15) is 23.2 Å². The summed E-state index contributed by atoms with van der Waals surface area (Å²) in [5, 5.41) is 8.63. The SMILES string of the molecule is CC(=O)NCCNC(=O)c1cc(COc2ccc(F)cc2F)on1. The van der Waals surface area contributed by atoms with Gasteiger partial charge in [0.2, 0.25) is 5.91 Å². The van der Waals surface area contributed by atoms with Crippen LogP contribution in [-0.4, -0.2) is 30.1 Å². The number of nitrogens with zero attached hydrogens (tertiary/aromatic N) is 1. The van der Waals surface area contributed by atoms with Gasteiger partial charge in [-0.1, -0.05) is 5.16 Å². The van der Waals surface area contributed by atoms with Crippen LogP contribution in [0.15, 0.2) is 28.8 Å². The highest BCUT2D eigenvalue weighted by atomic mass is 19.1. The second kappa shape index (κ2) is 8.04. The van der Waals surface area contributed by atoms with Gasteiger partial charge in [-0.2, -0.15) is 0 Å². The van der Waals surface area contributed by atoms with E-state index in [1.807, 2.05) is 0 Å². The van der Waals surface area contributed by atoms with E-state index in [2.05, 4.69) is 15.8 Å². The lowest BCUT2D eigenvalue weighted by atomic mass is 10.3. The average molecular weight is 339 g/mol. The summed E-state index contributed by atoms with van der Waals surface area (Å²) in [5.74, 6) is -2.18. The van der Waals surface area contributed by atoms with Crippen molar-refractivity contribution in [3.05, 3.63) is 47.4 Å². The lowest BCUT2D eigenvalue weighted by Crippen LogP contribution is -2.33. The minimum Gasteiger partial charge on any atom is -0.482 e. The van der Waals surface area contributed by atoms with Gasteiger partial charge in [0.05, 0.1) is 0 Å². The first kappa shape index (κ1) is 17.4. The van der Waals surface area contributed by atoms with Crippen LogP contribution in [0.5, 0.6) is 5.75 Å². The molecular formula is C15H15F2N3O4. The van der Waals surface area contributed by atoms with Crippen LogP contribution in [0.4, 0.5) is 8.78 Å². The van der Waals surface area contributed by atoms with E-state index >= 15 is 0 Å². The highest BCUT2D eigenvalue weighted by Crippen LogP contribution is 2.19. The van der Waals surface area contributed by atoms with Crippen LogP contribution in [0.3, 0.4) is 0 Å². The third kappa shape index (κ3) is 5.04. The second-order valence-electron chi connectivity index (χ2n) is 4.78. The fraction of sp³-hybridized carbons (Fsp3) is 0.267. The third-order valence-electron chi connectivity index (χ3n) is 2.84. The average Bonchev–Trinajstić information content (AvgIpc) is 2.99. The first-order chi connectivity index (χ1) is 11.5. The van der Waals surface area contributed by atoms with E-state index in [0.717, 1.165) is 12.1 Å². The monoisotopic (exact) mass is 339 g/mol. The number of aromatic nitrogens is 1. The Kier molecular flexibility index (Phi) is 5.83. The first-order valence-electron chi connectivity index (χ1n) is 7.02. The zero-order valence-corrected chi connectivity index (χ0v) is 12.8. The summed E-state index contributed by atoms with van der Waals surface area (Å²) < 4.78 is 36.2. The second-order valence-corrected chi connectivity index (χ2v) is 4.78. The topological polar surface area (TPSA) is 93.5 Å². The molecule has 0 bridgehead atoms. The Morgan fingerprint density at radius 1 is 1.21 bits per heavy atom. The quantitative estimate of drug-likeness (QED) is 0.744. The predicted octanol–water partition coefficient (Wildman–Crippen LogP) is 1.40. The molecule has 128 valence electrons. The third-order valence-corrected chi connectivity index (χ3v) is 2.84.